The summed E-state index contributed by atoms with van der Waals surface area (Å²) in [4.78, 5) is 29.6. The monoisotopic (exact) mass is 529 g/mol. The Hall–Kier alpha value is -4.33. The lowest BCUT2D eigenvalue weighted by Crippen LogP contribution is -2.52. The van der Waals surface area contributed by atoms with Gasteiger partial charge in [0, 0.05) is 19.6 Å². The first kappa shape index (κ1) is 29.2. The number of hydrogen-bond donors (Lipinski definition) is 4. The fourth-order valence-electron chi connectivity index (χ4n) is 4.63. The summed E-state index contributed by atoms with van der Waals surface area (Å²) in [5.41, 5.74) is 8.23. The van der Waals surface area contributed by atoms with Crippen molar-refractivity contribution in [1.82, 2.24) is 15.5 Å². The number of nitrogens with one attached hydrogen (secondary N) is 3. The van der Waals surface area contributed by atoms with Crippen LogP contribution in [0.3, 0.4) is 0 Å². The van der Waals surface area contributed by atoms with Crippen molar-refractivity contribution in [2.75, 3.05) is 26.7 Å². The topological polar surface area (TPSA) is 121 Å². The minimum absolute atomic E-state index is 0.120. The second-order valence-corrected chi connectivity index (χ2v) is 9.28. The highest BCUT2D eigenvalue weighted by Gasteiger charge is 2.34. The molecule has 5 N–H and O–H groups in total. The summed E-state index contributed by atoms with van der Waals surface area (Å²) >= 11 is 0. The molecule has 0 bridgehead atoms. The van der Waals surface area contributed by atoms with Crippen molar-refractivity contribution in [3.05, 3.63) is 102 Å². The SMILES string of the molecule is CCNC(=O)[C@@H](CCCNC(=N)N)N(CCc1ccc(OC)cc1)C(=O)C(c1ccccc1)c1ccccc1. The molecule has 0 radical (unpaired) electrons. The predicted octanol–water partition coefficient (Wildman–Crippen LogP) is 3.67. The van der Waals surface area contributed by atoms with E-state index in [-0.39, 0.29) is 17.8 Å². The minimum Gasteiger partial charge on any atom is -0.497 e. The molecule has 8 heteroatoms. The maximum atomic E-state index is 14.5. The Morgan fingerprint density at radius 3 is 2.03 bits per heavy atom. The Morgan fingerprint density at radius 2 is 1.51 bits per heavy atom. The van der Waals surface area contributed by atoms with E-state index in [1.165, 1.54) is 0 Å². The Labute approximate surface area is 231 Å². The zero-order valence-corrected chi connectivity index (χ0v) is 22.7. The van der Waals surface area contributed by atoms with Crippen LogP contribution < -0.4 is 21.1 Å². The van der Waals surface area contributed by atoms with Gasteiger partial charge in [-0.25, -0.2) is 0 Å². The molecule has 0 heterocycles. The molecule has 0 saturated heterocycles. The number of guanidine groups is 1. The smallest absolute Gasteiger partial charge is 0.242 e. The second-order valence-electron chi connectivity index (χ2n) is 9.28. The van der Waals surface area contributed by atoms with Gasteiger partial charge in [0.15, 0.2) is 5.96 Å². The number of nitrogens with zero attached hydrogens (tertiary/aromatic N) is 1. The molecule has 0 fully saturated rings. The molecule has 3 aromatic rings. The molecule has 0 unspecified atom stereocenters. The van der Waals surface area contributed by atoms with Crippen molar-refractivity contribution < 1.29 is 14.3 Å². The van der Waals surface area contributed by atoms with Crippen molar-refractivity contribution >= 4 is 17.8 Å². The van der Waals surface area contributed by atoms with Crippen molar-refractivity contribution in [1.29, 1.82) is 5.41 Å². The van der Waals surface area contributed by atoms with Gasteiger partial charge in [-0.05, 0) is 55.0 Å². The average molecular weight is 530 g/mol. The molecule has 8 nitrogen and oxygen atoms in total. The highest BCUT2D eigenvalue weighted by Crippen LogP contribution is 2.29. The Kier molecular flexibility index (Phi) is 11.4. The highest BCUT2D eigenvalue weighted by molar-refractivity contribution is 5.92. The van der Waals surface area contributed by atoms with E-state index in [2.05, 4.69) is 10.6 Å². The first-order valence-electron chi connectivity index (χ1n) is 13.3. The van der Waals surface area contributed by atoms with E-state index in [9.17, 15) is 9.59 Å². The standard InChI is InChI=1S/C31H39N5O3/c1-3-34-29(37)27(15-10-21-35-31(32)33)36(22-20-23-16-18-26(39-2)19-17-23)30(38)28(24-11-6-4-7-12-24)25-13-8-5-9-14-25/h4-9,11-14,16-19,27-28H,3,10,15,20-22H2,1-2H3,(H,34,37)(H4,32,33,35)/t27-/m1/s1. The second kappa shape index (κ2) is 15.2. The third-order valence-electron chi connectivity index (χ3n) is 6.60. The molecule has 3 rings (SSSR count). The first-order chi connectivity index (χ1) is 18.9. The number of methoxy groups -OCH3 is 1. The Bertz CT molecular complexity index is 1150. The maximum absolute atomic E-state index is 14.5. The highest BCUT2D eigenvalue weighted by atomic mass is 16.5. The molecule has 206 valence electrons. The molecule has 0 aliphatic heterocycles. The Morgan fingerprint density at radius 1 is 0.923 bits per heavy atom. The van der Waals surface area contributed by atoms with Gasteiger partial charge in [0.25, 0.3) is 0 Å². The Balaban J connectivity index is 1.99. The molecule has 3 aromatic carbocycles. The van der Waals surface area contributed by atoms with E-state index < -0.39 is 12.0 Å². The number of ether oxygens (including phenoxy) is 1. The zero-order chi connectivity index (χ0) is 28.0. The van der Waals surface area contributed by atoms with Gasteiger partial charge in [0.1, 0.15) is 11.8 Å². The number of amides is 2. The van der Waals surface area contributed by atoms with Crippen molar-refractivity contribution in [2.45, 2.75) is 38.1 Å². The number of benzene rings is 3. The molecule has 0 aliphatic carbocycles. The van der Waals surface area contributed by atoms with E-state index in [0.29, 0.717) is 38.9 Å². The number of carbonyl (C=O) groups excluding carboxylic acids is 2. The fourth-order valence-corrected chi connectivity index (χ4v) is 4.63. The van der Waals surface area contributed by atoms with Crippen LogP contribution in [0.15, 0.2) is 84.9 Å². The normalized spacial score (nSPS) is 11.5. The molecule has 1 atom stereocenters. The number of rotatable bonds is 14. The number of carbonyl (C=O) groups is 2. The maximum Gasteiger partial charge on any atom is 0.242 e. The van der Waals surface area contributed by atoms with Gasteiger partial charge in [0.05, 0.1) is 13.0 Å². The minimum atomic E-state index is -0.681. The zero-order valence-electron chi connectivity index (χ0n) is 22.7. The van der Waals surface area contributed by atoms with Crippen LogP contribution in [0.4, 0.5) is 0 Å². The molecular formula is C31H39N5O3. The number of likely N-dealkylation sites (N-methyl/N-ethyl adjacent to an activating group) is 1. The largest absolute Gasteiger partial charge is 0.497 e. The van der Waals surface area contributed by atoms with Crippen LogP contribution in [0.2, 0.25) is 0 Å². The number of hydrogen-bond acceptors (Lipinski definition) is 4. The van der Waals surface area contributed by atoms with Crippen LogP contribution in [-0.4, -0.2) is 55.5 Å². The average Bonchev–Trinajstić information content (AvgIpc) is 2.95. The van der Waals surface area contributed by atoms with Gasteiger partial charge in [-0.2, -0.15) is 0 Å². The predicted molar refractivity (Wildman–Crippen MR) is 155 cm³/mol. The van der Waals surface area contributed by atoms with Crippen LogP contribution in [-0.2, 0) is 16.0 Å². The van der Waals surface area contributed by atoms with E-state index in [0.717, 1.165) is 22.4 Å². The summed E-state index contributed by atoms with van der Waals surface area (Å²) in [6.07, 6.45) is 1.57. The summed E-state index contributed by atoms with van der Waals surface area (Å²) in [7, 11) is 1.63. The molecule has 0 saturated carbocycles. The van der Waals surface area contributed by atoms with Crippen LogP contribution >= 0.6 is 0 Å². The van der Waals surface area contributed by atoms with Crippen LogP contribution in [0, 0.1) is 5.41 Å². The van der Waals surface area contributed by atoms with Crippen LogP contribution in [0.1, 0.15) is 42.4 Å². The molecular weight excluding hydrogens is 490 g/mol. The molecule has 39 heavy (non-hydrogen) atoms. The van der Waals surface area contributed by atoms with Crippen molar-refractivity contribution in [2.24, 2.45) is 5.73 Å². The van der Waals surface area contributed by atoms with E-state index in [1.54, 1.807) is 12.0 Å². The molecule has 0 spiro atoms. The lowest BCUT2D eigenvalue weighted by Gasteiger charge is -2.34. The number of nitrogens with two attached hydrogens (primary N) is 1. The van der Waals surface area contributed by atoms with E-state index >= 15 is 0 Å². The van der Waals surface area contributed by atoms with E-state index in [4.69, 9.17) is 15.9 Å². The van der Waals surface area contributed by atoms with Gasteiger partial charge in [-0.1, -0.05) is 72.8 Å². The fraction of sp³-hybridized carbons (Fsp3) is 0.323. The summed E-state index contributed by atoms with van der Waals surface area (Å²) in [5, 5.41) is 13.2. The van der Waals surface area contributed by atoms with Crippen LogP contribution in [0.25, 0.3) is 0 Å². The first-order valence-corrected chi connectivity index (χ1v) is 13.3. The van der Waals surface area contributed by atoms with Crippen molar-refractivity contribution in [3.8, 4) is 5.75 Å². The summed E-state index contributed by atoms with van der Waals surface area (Å²) in [6.45, 7) is 3.13. The lowest BCUT2D eigenvalue weighted by atomic mass is 9.89. The quantitative estimate of drug-likeness (QED) is 0.144. The van der Waals surface area contributed by atoms with Gasteiger partial charge < -0.3 is 26.0 Å². The summed E-state index contributed by atoms with van der Waals surface area (Å²) < 4.78 is 5.28. The summed E-state index contributed by atoms with van der Waals surface area (Å²) in [6, 6.07) is 26.4. The van der Waals surface area contributed by atoms with Gasteiger partial charge in [0.2, 0.25) is 11.8 Å². The van der Waals surface area contributed by atoms with Crippen molar-refractivity contribution in [3.63, 3.8) is 0 Å². The van der Waals surface area contributed by atoms with Gasteiger partial charge in [-0.3, -0.25) is 15.0 Å². The molecule has 2 amide bonds. The third-order valence-corrected chi connectivity index (χ3v) is 6.60. The third kappa shape index (κ3) is 8.60. The van der Waals surface area contributed by atoms with Gasteiger partial charge in [-0.15, -0.1) is 0 Å². The van der Waals surface area contributed by atoms with Crippen LogP contribution in [0.5, 0.6) is 5.75 Å². The van der Waals surface area contributed by atoms with E-state index in [1.807, 2.05) is 91.9 Å². The lowest BCUT2D eigenvalue weighted by molar-refractivity contribution is -0.141. The summed E-state index contributed by atoms with van der Waals surface area (Å²) in [5.74, 6) is -0.237. The van der Waals surface area contributed by atoms with Gasteiger partial charge >= 0.3 is 0 Å². The molecule has 0 aliphatic rings. The molecule has 0 aromatic heterocycles.